The molecule has 0 radical (unpaired) electrons. The molecule has 7 heteroatoms. The molecule has 29 heavy (non-hydrogen) atoms. The highest BCUT2D eigenvalue weighted by Gasteiger charge is 2.20. The van der Waals surface area contributed by atoms with E-state index in [1.54, 1.807) is 37.5 Å². The molecule has 3 rings (SSSR count). The van der Waals surface area contributed by atoms with Crippen LogP contribution in [0, 0.1) is 0 Å². The molecule has 0 spiro atoms. The molecule has 0 fully saturated rings. The van der Waals surface area contributed by atoms with Crippen molar-refractivity contribution in [1.29, 1.82) is 0 Å². The Balaban J connectivity index is 1.67. The molecule has 6 nitrogen and oxygen atoms in total. The first-order valence-corrected chi connectivity index (χ1v) is 9.73. The van der Waals surface area contributed by atoms with Crippen molar-refractivity contribution in [1.82, 2.24) is 4.98 Å². The summed E-state index contributed by atoms with van der Waals surface area (Å²) in [6, 6.07) is 16.2. The summed E-state index contributed by atoms with van der Waals surface area (Å²) >= 11 is 1.35. The SMILES string of the molecule is C=CCN(C(=O)COC(=O)c1ccc(OC)cc1)c1nc(-c2ccccc2)cs1. The van der Waals surface area contributed by atoms with Crippen molar-refractivity contribution in [2.75, 3.05) is 25.2 Å². The van der Waals surface area contributed by atoms with Gasteiger partial charge >= 0.3 is 5.97 Å². The van der Waals surface area contributed by atoms with E-state index in [9.17, 15) is 9.59 Å². The van der Waals surface area contributed by atoms with Crippen molar-refractivity contribution in [3.8, 4) is 17.0 Å². The molecule has 0 atom stereocenters. The molecule has 0 aliphatic heterocycles. The summed E-state index contributed by atoms with van der Waals surface area (Å²) in [5, 5.41) is 2.41. The van der Waals surface area contributed by atoms with Gasteiger partial charge < -0.3 is 9.47 Å². The zero-order valence-corrected chi connectivity index (χ0v) is 16.7. The van der Waals surface area contributed by atoms with Crippen LogP contribution < -0.4 is 9.64 Å². The number of rotatable bonds is 8. The molecule has 0 bridgehead atoms. The van der Waals surface area contributed by atoms with Gasteiger partial charge in [0.05, 0.1) is 18.4 Å². The highest BCUT2D eigenvalue weighted by Crippen LogP contribution is 2.27. The van der Waals surface area contributed by atoms with E-state index in [0.717, 1.165) is 11.3 Å². The second kappa shape index (κ2) is 9.66. The Hall–Kier alpha value is -3.45. The summed E-state index contributed by atoms with van der Waals surface area (Å²) in [5.41, 5.74) is 2.09. The molecule has 0 aliphatic carbocycles. The van der Waals surface area contributed by atoms with Gasteiger partial charge in [-0.1, -0.05) is 36.4 Å². The number of aromatic nitrogens is 1. The van der Waals surface area contributed by atoms with Gasteiger partial charge in [-0.25, -0.2) is 9.78 Å². The zero-order chi connectivity index (χ0) is 20.6. The van der Waals surface area contributed by atoms with Crippen LogP contribution in [-0.2, 0) is 9.53 Å². The van der Waals surface area contributed by atoms with Crippen LogP contribution in [0.2, 0.25) is 0 Å². The largest absolute Gasteiger partial charge is 0.497 e. The monoisotopic (exact) mass is 408 g/mol. The van der Waals surface area contributed by atoms with Gasteiger partial charge in [-0.15, -0.1) is 17.9 Å². The van der Waals surface area contributed by atoms with Crippen molar-refractivity contribution in [2.45, 2.75) is 0 Å². The van der Waals surface area contributed by atoms with E-state index in [-0.39, 0.29) is 19.1 Å². The number of methoxy groups -OCH3 is 1. The molecular weight excluding hydrogens is 388 g/mol. The summed E-state index contributed by atoms with van der Waals surface area (Å²) < 4.78 is 10.2. The van der Waals surface area contributed by atoms with Crippen LogP contribution in [0.15, 0.2) is 72.6 Å². The van der Waals surface area contributed by atoms with E-state index >= 15 is 0 Å². The van der Waals surface area contributed by atoms with Crippen molar-refractivity contribution < 1.29 is 19.1 Å². The van der Waals surface area contributed by atoms with Gasteiger partial charge in [0, 0.05) is 17.5 Å². The number of amides is 1. The summed E-state index contributed by atoms with van der Waals surface area (Å²) in [4.78, 5) is 30.8. The summed E-state index contributed by atoms with van der Waals surface area (Å²) in [5.74, 6) is -0.322. The van der Waals surface area contributed by atoms with E-state index in [2.05, 4.69) is 11.6 Å². The lowest BCUT2D eigenvalue weighted by molar-refractivity contribution is -0.121. The highest BCUT2D eigenvalue weighted by atomic mass is 32.1. The summed E-state index contributed by atoms with van der Waals surface area (Å²) in [7, 11) is 1.54. The van der Waals surface area contributed by atoms with Gasteiger partial charge in [0.25, 0.3) is 5.91 Å². The lowest BCUT2D eigenvalue weighted by Gasteiger charge is -2.18. The normalized spacial score (nSPS) is 10.2. The van der Waals surface area contributed by atoms with E-state index in [4.69, 9.17) is 9.47 Å². The Morgan fingerprint density at radius 2 is 1.86 bits per heavy atom. The Morgan fingerprint density at radius 3 is 2.52 bits per heavy atom. The third-order valence-electron chi connectivity index (χ3n) is 4.06. The minimum atomic E-state index is -0.580. The topological polar surface area (TPSA) is 68.7 Å². The smallest absolute Gasteiger partial charge is 0.338 e. The fraction of sp³-hybridized carbons (Fsp3) is 0.136. The fourth-order valence-corrected chi connectivity index (χ4v) is 3.42. The number of nitrogens with zero attached hydrogens (tertiary/aromatic N) is 2. The average Bonchev–Trinajstić information content (AvgIpc) is 3.26. The molecule has 0 N–H and O–H groups in total. The summed E-state index contributed by atoms with van der Waals surface area (Å²) in [6.07, 6.45) is 1.60. The third kappa shape index (κ3) is 5.08. The van der Waals surface area contributed by atoms with Crippen LogP contribution in [0.25, 0.3) is 11.3 Å². The van der Waals surface area contributed by atoms with Crippen LogP contribution in [-0.4, -0.2) is 37.1 Å². The van der Waals surface area contributed by atoms with Crippen molar-refractivity contribution in [3.63, 3.8) is 0 Å². The molecule has 1 aromatic heterocycles. The number of anilines is 1. The maximum absolute atomic E-state index is 12.7. The van der Waals surface area contributed by atoms with Crippen LogP contribution in [0.1, 0.15) is 10.4 Å². The van der Waals surface area contributed by atoms with Crippen LogP contribution >= 0.6 is 11.3 Å². The molecule has 1 heterocycles. The average molecular weight is 408 g/mol. The number of carbonyl (C=O) groups excluding carboxylic acids is 2. The number of hydrogen-bond acceptors (Lipinski definition) is 6. The number of benzene rings is 2. The highest BCUT2D eigenvalue weighted by molar-refractivity contribution is 7.14. The van der Waals surface area contributed by atoms with Crippen LogP contribution in [0.5, 0.6) is 5.75 Å². The lowest BCUT2D eigenvalue weighted by atomic mass is 10.2. The maximum Gasteiger partial charge on any atom is 0.338 e. The van der Waals surface area contributed by atoms with Crippen molar-refractivity contribution in [3.05, 3.63) is 78.2 Å². The molecule has 0 saturated carbocycles. The van der Waals surface area contributed by atoms with Crippen molar-refractivity contribution in [2.24, 2.45) is 0 Å². The molecule has 0 aliphatic rings. The first-order valence-electron chi connectivity index (χ1n) is 8.85. The Kier molecular flexibility index (Phi) is 6.76. The number of esters is 1. The van der Waals surface area contributed by atoms with Gasteiger partial charge in [-0.05, 0) is 24.3 Å². The van der Waals surface area contributed by atoms with E-state index in [1.807, 2.05) is 35.7 Å². The minimum Gasteiger partial charge on any atom is -0.497 e. The van der Waals surface area contributed by atoms with Crippen LogP contribution in [0.3, 0.4) is 0 Å². The predicted molar refractivity (Wildman–Crippen MR) is 113 cm³/mol. The standard InChI is InChI=1S/C22H20N2O4S/c1-3-13-24(22-23-19(15-29-22)16-7-5-4-6-8-16)20(25)14-28-21(26)17-9-11-18(27-2)12-10-17/h3-12,15H,1,13-14H2,2H3. The maximum atomic E-state index is 12.7. The molecule has 1 amide bonds. The van der Waals surface area contributed by atoms with Crippen LogP contribution in [0.4, 0.5) is 5.13 Å². The van der Waals surface area contributed by atoms with Gasteiger partial charge in [-0.3, -0.25) is 9.69 Å². The Morgan fingerprint density at radius 1 is 1.14 bits per heavy atom. The molecule has 2 aromatic carbocycles. The first-order chi connectivity index (χ1) is 14.1. The summed E-state index contributed by atoms with van der Waals surface area (Å²) in [6.45, 7) is 3.57. The number of thiazole rings is 1. The lowest BCUT2D eigenvalue weighted by Crippen LogP contribution is -2.34. The number of hydrogen-bond donors (Lipinski definition) is 0. The van der Waals surface area contributed by atoms with E-state index in [0.29, 0.717) is 16.4 Å². The number of ether oxygens (including phenoxy) is 2. The van der Waals surface area contributed by atoms with E-state index in [1.165, 1.54) is 16.2 Å². The molecule has 3 aromatic rings. The molecule has 0 unspecified atom stereocenters. The fourth-order valence-electron chi connectivity index (χ4n) is 2.56. The Bertz CT molecular complexity index is 984. The first kappa shape index (κ1) is 20.3. The second-order valence-electron chi connectivity index (χ2n) is 5.98. The molecular formula is C22H20N2O4S. The van der Waals surface area contributed by atoms with Gasteiger partial charge in [-0.2, -0.15) is 0 Å². The Labute approximate surface area is 173 Å². The number of carbonyl (C=O) groups is 2. The van der Waals surface area contributed by atoms with Crippen molar-refractivity contribution >= 4 is 28.3 Å². The quantitative estimate of drug-likeness (QED) is 0.413. The van der Waals surface area contributed by atoms with Gasteiger partial charge in [0.2, 0.25) is 0 Å². The minimum absolute atomic E-state index is 0.265. The predicted octanol–water partition coefficient (Wildman–Crippen LogP) is 4.19. The second-order valence-corrected chi connectivity index (χ2v) is 6.82. The van der Waals surface area contributed by atoms with Gasteiger partial charge in [0.1, 0.15) is 5.75 Å². The third-order valence-corrected chi connectivity index (χ3v) is 4.92. The molecule has 148 valence electrons. The molecule has 0 saturated heterocycles. The zero-order valence-electron chi connectivity index (χ0n) is 15.9. The van der Waals surface area contributed by atoms with E-state index < -0.39 is 5.97 Å². The van der Waals surface area contributed by atoms with Gasteiger partial charge in [0.15, 0.2) is 11.7 Å².